The monoisotopic (exact) mass is 336 g/mol. The van der Waals surface area contributed by atoms with Crippen LogP contribution >= 0.6 is 11.3 Å². The molecule has 0 bridgehead atoms. The van der Waals surface area contributed by atoms with Crippen LogP contribution in [-0.4, -0.2) is 24.5 Å². The van der Waals surface area contributed by atoms with Gasteiger partial charge in [-0.3, -0.25) is 4.79 Å². The highest BCUT2D eigenvalue weighted by Gasteiger charge is 2.15. The molecule has 0 radical (unpaired) electrons. The number of halogens is 1. The molecule has 5 nitrogen and oxygen atoms in total. The second-order valence-electron chi connectivity index (χ2n) is 4.78. The first kappa shape index (κ1) is 17.0. The molecule has 2 N–H and O–H groups in total. The highest BCUT2D eigenvalue weighted by Crippen LogP contribution is 2.21. The Balaban J connectivity index is 2.09. The van der Waals surface area contributed by atoms with Crippen molar-refractivity contribution < 1.29 is 18.7 Å². The summed E-state index contributed by atoms with van der Waals surface area (Å²) >= 11 is 1.38. The summed E-state index contributed by atoms with van der Waals surface area (Å²) in [4.78, 5) is 23.6. The van der Waals surface area contributed by atoms with Crippen LogP contribution in [0.1, 0.15) is 24.2 Å². The minimum atomic E-state index is -0.583. The molecule has 0 unspecified atom stereocenters. The largest absolute Gasteiger partial charge is 0.464 e. The molecule has 0 spiro atoms. The maximum absolute atomic E-state index is 13.9. The molecule has 1 amide bonds. The molecular weight excluding hydrogens is 319 g/mol. The van der Waals surface area contributed by atoms with E-state index in [0.717, 1.165) is 0 Å². The van der Waals surface area contributed by atoms with Gasteiger partial charge in [0.25, 0.3) is 5.91 Å². The molecule has 122 valence electrons. The molecule has 0 aliphatic carbocycles. The second-order valence-corrected chi connectivity index (χ2v) is 5.56. The topological polar surface area (TPSA) is 67.4 Å². The van der Waals surface area contributed by atoms with Gasteiger partial charge in [-0.15, -0.1) is 0 Å². The molecule has 7 heteroatoms. The summed E-state index contributed by atoms with van der Waals surface area (Å²) < 4.78 is 18.8. The molecule has 0 saturated heterocycles. The van der Waals surface area contributed by atoms with E-state index in [0.29, 0.717) is 11.3 Å². The fourth-order valence-electron chi connectivity index (χ4n) is 1.88. The molecule has 0 aliphatic rings. The van der Waals surface area contributed by atoms with Crippen LogP contribution in [0.15, 0.2) is 35.0 Å². The molecular formula is C16H17FN2O3S. The summed E-state index contributed by atoms with van der Waals surface area (Å²) in [7, 11) is 0. The Bertz CT molecular complexity index is 689. The first-order chi connectivity index (χ1) is 11.0. The zero-order chi connectivity index (χ0) is 16.8. The number of ether oxygens (including phenoxy) is 1. The lowest BCUT2D eigenvalue weighted by atomic mass is 10.2. The molecule has 1 atom stereocenters. The van der Waals surface area contributed by atoms with Crippen LogP contribution in [0.3, 0.4) is 0 Å². The zero-order valence-corrected chi connectivity index (χ0v) is 13.6. The van der Waals surface area contributed by atoms with Gasteiger partial charge in [-0.25, -0.2) is 9.18 Å². The summed E-state index contributed by atoms with van der Waals surface area (Å²) in [6, 6.07) is 5.23. The molecule has 23 heavy (non-hydrogen) atoms. The zero-order valence-electron chi connectivity index (χ0n) is 12.8. The number of carbonyl (C=O) groups excluding carboxylic acids is 2. The summed E-state index contributed by atoms with van der Waals surface area (Å²) in [5.74, 6) is -1.34. The van der Waals surface area contributed by atoms with Crippen molar-refractivity contribution in [3.05, 3.63) is 46.4 Å². The highest BCUT2D eigenvalue weighted by molar-refractivity contribution is 7.08. The minimum Gasteiger partial charge on any atom is -0.464 e. The highest BCUT2D eigenvalue weighted by atomic mass is 32.1. The average molecular weight is 336 g/mol. The third kappa shape index (κ3) is 4.53. The van der Waals surface area contributed by atoms with Crippen molar-refractivity contribution in [2.75, 3.05) is 17.2 Å². The number of benzene rings is 1. The van der Waals surface area contributed by atoms with Gasteiger partial charge in [0.1, 0.15) is 11.9 Å². The van der Waals surface area contributed by atoms with E-state index < -0.39 is 17.8 Å². The van der Waals surface area contributed by atoms with E-state index in [4.69, 9.17) is 4.74 Å². The molecule has 2 rings (SSSR count). The molecule has 1 aromatic heterocycles. The number of nitrogens with one attached hydrogen (secondary N) is 2. The number of anilines is 2. The third-order valence-electron chi connectivity index (χ3n) is 3.02. The van der Waals surface area contributed by atoms with Crippen molar-refractivity contribution in [3.8, 4) is 0 Å². The van der Waals surface area contributed by atoms with E-state index in [1.54, 1.807) is 30.7 Å². The fourth-order valence-corrected chi connectivity index (χ4v) is 2.51. The van der Waals surface area contributed by atoms with Crippen molar-refractivity contribution in [2.45, 2.75) is 19.9 Å². The minimum absolute atomic E-state index is 0.0438. The summed E-state index contributed by atoms with van der Waals surface area (Å²) in [5.41, 5.74) is 1.02. The van der Waals surface area contributed by atoms with Gasteiger partial charge in [-0.1, -0.05) is 0 Å². The van der Waals surface area contributed by atoms with Crippen LogP contribution in [0.2, 0.25) is 0 Å². The van der Waals surface area contributed by atoms with Gasteiger partial charge < -0.3 is 15.4 Å². The van der Waals surface area contributed by atoms with Crippen LogP contribution in [0.4, 0.5) is 15.8 Å². The first-order valence-corrected chi connectivity index (χ1v) is 8.01. The SMILES string of the molecule is CCOC(=O)[C@@H](C)Nc1ccc(F)c(NC(=O)c2ccsc2)c1. The Morgan fingerprint density at radius 1 is 1.35 bits per heavy atom. The molecule has 1 heterocycles. The molecule has 0 fully saturated rings. The summed E-state index contributed by atoms with van der Waals surface area (Å²) in [6.45, 7) is 3.65. The summed E-state index contributed by atoms with van der Waals surface area (Å²) in [6.07, 6.45) is 0. The van der Waals surface area contributed by atoms with Crippen LogP contribution < -0.4 is 10.6 Å². The third-order valence-corrected chi connectivity index (χ3v) is 3.70. The number of hydrogen-bond donors (Lipinski definition) is 2. The van der Waals surface area contributed by atoms with Gasteiger partial charge in [0.2, 0.25) is 0 Å². The predicted molar refractivity (Wildman–Crippen MR) is 88.4 cm³/mol. The number of hydrogen-bond acceptors (Lipinski definition) is 5. The lowest BCUT2D eigenvalue weighted by Gasteiger charge is -2.15. The Morgan fingerprint density at radius 2 is 2.13 bits per heavy atom. The molecule has 0 saturated carbocycles. The summed E-state index contributed by atoms with van der Waals surface area (Å²) in [5, 5.41) is 8.88. The van der Waals surface area contributed by atoms with Crippen molar-refractivity contribution in [1.29, 1.82) is 0 Å². The number of thiophene rings is 1. The van der Waals surface area contributed by atoms with Crippen LogP contribution in [0, 0.1) is 5.82 Å². The smallest absolute Gasteiger partial charge is 0.328 e. The molecule has 0 aliphatic heterocycles. The Morgan fingerprint density at radius 3 is 2.78 bits per heavy atom. The second kappa shape index (κ2) is 7.73. The van der Waals surface area contributed by atoms with E-state index in [2.05, 4.69) is 10.6 Å². The van der Waals surface area contributed by atoms with Gasteiger partial charge in [0, 0.05) is 11.1 Å². The van der Waals surface area contributed by atoms with Crippen LogP contribution in [0.5, 0.6) is 0 Å². The van der Waals surface area contributed by atoms with E-state index >= 15 is 0 Å². The maximum Gasteiger partial charge on any atom is 0.328 e. The number of carbonyl (C=O) groups is 2. The normalized spacial score (nSPS) is 11.6. The van der Waals surface area contributed by atoms with Gasteiger partial charge in [-0.2, -0.15) is 11.3 Å². The van der Waals surface area contributed by atoms with Gasteiger partial charge in [-0.05, 0) is 43.5 Å². The number of amides is 1. The van der Waals surface area contributed by atoms with Crippen LogP contribution in [-0.2, 0) is 9.53 Å². The van der Waals surface area contributed by atoms with E-state index in [1.165, 1.54) is 29.5 Å². The van der Waals surface area contributed by atoms with E-state index in [9.17, 15) is 14.0 Å². The lowest BCUT2D eigenvalue weighted by molar-refractivity contribution is -0.143. The van der Waals surface area contributed by atoms with Crippen molar-refractivity contribution in [3.63, 3.8) is 0 Å². The molecule has 2 aromatic rings. The Hall–Kier alpha value is -2.41. The predicted octanol–water partition coefficient (Wildman–Crippen LogP) is 3.50. The van der Waals surface area contributed by atoms with Gasteiger partial charge in [0.15, 0.2) is 0 Å². The lowest BCUT2D eigenvalue weighted by Crippen LogP contribution is -2.28. The number of esters is 1. The van der Waals surface area contributed by atoms with Crippen molar-refractivity contribution >= 4 is 34.6 Å². The van der Waals surface area contributed by atoms with Gasteiger partial charge >= 0.3 is 5.97 Å². The van der Waals surface area contributed by atoms with Crippen molar-refractivity contribution in [1.82, 2.24) is 0 Å². The van der Waals surface area contributed by atoms with Gasteiger partial charge in [0.05, 0.1) is 17.9 Å². The van der Waals surface area contributed by atoms with Crippen molar-refractivity contribution in [2.24, 2.45) is 0 Å². The quantitative estimate of drug-likeness (QED) is 0.792. The van der Waals surface area contributed by atoms with Crippen LogP contribution in [0.25, 0.3) is 0 Å². The Labute approximate surface area is 137 Å². The average Bonchev–Trinajstić information content (AvgIpc) is 3.05. The maximum atomic E-state index is 13.9. The van der Waals surface area contributed by atoms with E-state index in [-0.39, 0.29) is 18.2 Å². The van der Waals surface area contributed by atoms with E-state index in [1.807, 2.05) is 0 Å². The molecule has 1 aromatic carbocycles. The standard InChI is InChI=1S/C16H17FN2O3S/c1-3-22-16(21)10(2)18-12-4-5-13(17)14(8-12)19-15(20)11-6-7-23-9-11/h4-10,18H,3H2,1-2H3,(H,19,20)/t10-/m1/s1. The Kier molecular flexibility index (Phi) is 5.70. The fraction of sp³-hybridized carbons (Fsp3) is 0.250. The number of rotatable bonds is 6. The first-order valence-electron chi connectivity index (χ1n) is 7.07.